The highest BCUT2D eigenvalue weighted by molar-refractivity contribution is 5.51. The quantitative estimate of drug-likeness (QED) is 0.503. The minimum Gasteiger partial charge on any atom is -1.00 e. The molecule has 0 amide bonds. The number of aromatic amines is 2. The van der Waals surface area contributed by atoms with Crippen LogP contribution < -0.4 is 17.4 Å². The van der Waals surface area contributed by atoms with Gasteiger partial charge in [0.25, 0.3) is 0 Å². The van der Waals surface area contributed by atoms with Gasteiger partial charge in [-0.05, 0) is 5.21 Å². The second kappa shape index (κ2) is 3.77. The highest BCUT2D eigenvalue weighted by Crippen LogP contribution is 2.08. The second-order valence-corrected chi connectivity index (χ2v) is 2.02. The molecule has 2 aromatic rings. The number of rotatable bonds is 1. The van der Waals surface area contributed by atoms with Crippen LogP contribution in [-0.2, 0) is 0 Å². The Kier molecular flexibility index (Phi) is 2.71. The van der Waals surface area contributed by atoms with Crippen LogP contribution in [0.4, 0.5) is 0 Å². The Bertz CT molecular complexity index is 319. The normalized spacial score (nSPS) is 9.00. The smallest absolute Gasteiger partial charge is 0.205 e. The minimum atomic E-state index is 0. The summed E-state index contributed by atoms with van der Waals surface area (Å²) in [5.41, 5.74) is 0.942. The fraction of sp³-hybridized carbons (Fsp3) is 0. The van der Waals surface area contributed by atoms with Gasteiger partial charge in [-0.3, -0.25) is 0 Å². The van der Waals surface area contributed by atoms with Crippen molar-refractivity contribution in [1.82, 2.24) is 20.6 Å². The molecule has 0 spiro atoms. The van der Waals surface area contributed by atoms with Gasteiger partial charge < -0.3 is 12.4 Å². The van der Waals surface area contributed by atoms with E-state index in [1.54, 1.807) is 0 Å². The fourth-order valence-electron chi connectivity index (χ4n) is 0.820. The standard InChI is InChI=1S/C6H5N5.ClH/c1-3-7-4-2-5(1)6-8-10-11-9-6;/h1-4H,(H,8,9,10,11);1H. The van der Waals surface area contributed by atoms with E-state index in [0.717, 1.165) is 5.56 Å². The summed E-state index contributed by atoms with van der Waals surface area (Å²) in [4.78, 5) is 2.91. The van der Waals surface area contributed by atoms with Gasteiger partial charge in [-0.1, -0.05) is 0 Å². The van der Waals surface area contributed by atoms with Gasteiger partial charge in [-0.2, -0.15) is 5.21 Å². The molecule has 0 aliphatic heterocycles. The monoisotopic (exact) mass is 183 g/mol. The van der Waals surface area contributed by atoms with Crippen molar-refractivity contribution in [3.8, 4) is 11.4 Å². The third-order valence-electron chi connectivity index (χ3n) is 1.32. The molecule has 0 atom stereocenters. The van der Waals surface area contributed by atoms with Gasteiger partial charge in [0, 0.05) is 17.7 Å². The third-order valence-corrected chi connectivity index (χ3v) is 1.32. The molecule has 0 saturated carbocycles. The van der Waals surface area contributed by atoms with E-state index in [2.05, 4.69) is 25.6 Å². The van der Waals surface area contributed by atoms with Crippen LogP contribution in [0.25, 0.3) is 11.4 Å². The maximum atomic E-state index is 3.83. The number of aromatic nitrogens is 5. The first kappa shape index (κ1) is 8.61. The zero-order valence-electron chi connectivity index (χ0n) is 6.03. The van der Waals surface area contributed by atoms with E-state index in [-0.39, 0.29) is 12.4 Å². The van der Waals surface area contributed by atoms with Crippen LogP contribution in [0.1, 0.15) is 0 Å². The number of pyridine rings is 1. The van der Waals surface area contributed by atoms with Gasteiger partial charge >= 0.3 is 0 Å². The summed E-state index contributed by atoms with van der Waals surface area (Å²) in [5.74, 6) is 0.610. The van der Waals surface area contributed by atoms with Gasteiger partial charge in [0.1, 0.15) is 0 Å². The van der Waals surface area contributed by atoms with Crippen LogP contribution >= 0.6 is 0 Å². The van der Waals surface area contributed by atoms with Crippen molar-refractivity contribution in [1.29, 1.82) is 0 Å². The molecule has 2 heterocycles. The maximum absolute atomic E-state index is 3.83. The van der Waals surface area contributed by atoms with Crippen molar-refractivity contribution in [2.45, 2.75) is 0 Å². The lowest BCUT2D eigenvalue weighted by atomic mass is 10.3. The van der Waals surface area contributed by atoms with Gasteiger partial charge in [-0.15, -0.1) is 10.2 Å². The molecule has 12 heavy (non-hydrogen) atoms. The van der Waals surface area contributed by atoms with Crippen LogP contribution in [-0.4, -0.2) is 20.6 Å². The summed E-state index contributed by atoms with van der Waals surface area (Å²) < 4.78 is 0. The number of nitrogens with one attached hydrogen (secondary N) is 2. The summed E-state index contributed by atoms with van der Waals surface area (Å²) in [6.45, 7) is 0. The van der Waals surface area contributed by atoms with E-state index in [0.29, 0.717) is 5.82 Å². The van der Waals surface area contributed by atoms with Crippen LogP contribution in [0, 0.1) is 0 Å². The van der Waals surface area contributed by atoms with Gasteiger partial charge in [0.2, 0.25) is 5.82 Å². The molecule has 5 nitrogen and oxygen atoms in total. The second-order valence-electron chi connectivity index (χ2n) is 2.02. The lowest BCUT2D eigenvalue weighted by molar-refractivity contribution is -0.377. The molecular weight excluding hydrogens is 178 g/mol. The first-order valence-electron chi connectivity index (χ1n) is 3.17. The van der Waals surface area contributed by atoms with E-state index in [4.69, 9.17) is 0 Å². The Morgan fingerprint density at radius 3 is 2.58 bits per heavy atom. The Morgan fingerprint density at radius 1 is 1.25 bits per heavy atom. The van der Waals surface area contributed by atoms with Crippen LogP contribution in [0.15, 0.2) is 24.5 Å². The number of tetrazole rings is 1. The lowest BCUT2D eigenvalue weighted by Crippen LogP contribution is -3.00. The van der Waals surface area contributed by atoms with Crippen LogP contribution in [0.3, 0.4) is 0 Å². The molecule has 6 heteroatoms. The number of halogens is 1. The summed E-state index contributed by atoms with van der Waals surface area (Å²) in [6.07, 6.45) is 3.62. The molecule has 62 valence electrons. The molecule has 0 radical (unpaired) electrons. The molecule has 0 saturated heterocycles. The highest BCUT2D eigenvalue weighted by atomic mass is 35.5. The summed E-state index contributed by atoms with van der Waals surface area (Å²) in [7, 11) is 0. The number of hydrogen-bond acceptors (Lipinski definition) is 3. The topological polar surface area (TPSA) is 68.6 Å². The predicted molar refractivity (Wildman–Crippen MR) is 36.2 cm³/mol. The Balaban J connectivity index is 0.000000720. The summed E-state index contributed by atoms with van der Waals surface area (Å²) in [6, 6.07) is 3.76. The highest BCUT2D eigenvalue weighted by Gasteiger charge is 2.00. The molecule has 0 aliphatic rings. The maximum Gasteiger partial charge on any atom is 0.205 e. The summed E-state index contributed by atoms with van der Waals surface area (Å²) in [5, 5.41) is 13.5. The number of nitrogens with zero attached hydrogens (tertiary/aromatic N) is 3. The van der Waals surface area contributed by atoms with Gasteiger partial charge in [-0.25, -0.2) is 4.98 Å². The molecular formula is C6H6ClN5. The van der Waals surface area contributed by atoms with E-state index in [1.807, 2.05) is 24.5 Å². The first-order valence-corrected chi connectivity index (χ1v) is 3.17. The first-order chi connectivity index (χ1) is 5.47. The fourth-order valence-corrected chi connectivity index (χ4v) is 0.820. The Morgan fingerprint density at radius 2 is 2.00 bits per heavy atom. The molecule has 0 aromatic carbocycles. The van der Waals surface area contributed by atoms with Gasteiger partial charge in [0.05, 0.1) is 0 Å². The molecule has 2 N–H and O–H groups in total. The van der Waals surface area contributed by atoms with Crippen LogP contribution in [0.2, 0.25) is 0 Å². The molecule has 0 aliphatic carbocycles. The van der Waals surface area contributed by atoms with Crippen molar-refractivity contribution >= 4 is 0 Å². The SMILES string of the molecule is [Cl-].c1cc(-c2nn[nH]n2)cc[nH+]1. The zero-order valence-corrected chi connectivity index (χ0v) is 6.78. The van der Waals surface area contributed by atoms with Crippen molar-refractivity contribution in [2.24, 2.45) is 0 Å². The number of hydrogen-bond donors (Lipinski definition) is 1. The van der Waals surface area contributed by atoms with E-state index in [1.165, 1.54) is 0 Å². The Hall–Kier alpha value is -1.49. The van der Waals surface area contributed by atoms with Gasteiger partial charge in [0.15, 0.2) is 12.4 Å². The van der Waals surface area contributed by atoms with Crippen LogP contribution in [0.5, 0.6) is 0 Å². The van der Waals surface area contributed by atoms with E-state index in [9.17, 15) is 0 Å². The van der Waals surface area contributed by atoms with Crippen molar-refractivity contribution in [3.63, 3.8) is 0 Å². The third kappa shape index (κ3) is 1.57. The van der Waals surface area contributed by atoms with E-state index < -0.39 is 0 Å². The Labute approximate surface area is 74.6 Å². The van der Waals surface area contributed by atoms with Crippen molar-refractivity contribution < 1.29 is 17.4 Å². The predicted octanol–water partition coefficient (Wildman–Crippen LogP) is -3.32. The molecule has 2 aromatic heterocycles. The molecule has 0 bridgehead atoms. The molecule has 0 fully saturated rings. The minimum absolute atomic E-state index is 0. The van der Waals surface area contributed by atoms with E-state index >= 15 is 0 Å². The van der Waals surface area contributed by atoms with Crippen molar-refractivity contribution in [2.75, 3.05) is 0 Å². The van der Waals surface area contributed by atoms with Crippen molar-refractivity contribution in [3.05, 3.63) is 24.5 Å². The lowest BCUT2D eigenvalue weighted by Gasteiger charge is -1.85. The average Bonchev–Trinajstić information content (AvgIpc) is 2.58. The molecule has 0 unspecified atom stereocenters. The zero-order chi connectivity index (χ0) is 7.52. The summed E-state index contributed by atoms with van der Waals surface area (Å²) >= 11 is 0. The largest absolute Gasteiger partial charge is 1.00 e. The molecule has 2 rings (SSSR count). The number of H-pyrrole nitrogens is 2. The average molecular weight is 184 g/mol.